The van der Waals surface area contributed by atoms with Gasteiger partial charge in [-0.2, -0.15) is 0 Å². The standard InChI is InChI=1S/C27H29N3O5/c1-17(31)24(27(33)35-3)28-14-13-21-25-20(15-22(29-21)26(32)34-2)19-11-7-8-12-23(19)30(25)16-18-9-5-4-6-10-18/h4-12,15,17,24,28,31H,13-14,16H2,1-3H3/t17-,24+/m1/s1. The van der Waals surface area contributed by atoms with E-state index in [1.165, 1.54) is 21.1 Å². The second-order valence-corrected chi connectivity index (χ2v) is 8.38. The van der Waals surface area contributed by atoms with E-state index in [2.05, 4.69) is 33.1 Å². The number of aliphatic hydroxyl groups excluding tert-OH is 1. The molecule has 0 radical (unpaired) electrons. The highest BCUT2D eigenvalue weighted by atomic mass is 16.5. The normalized spacial score (nSPS) is 13.0. The fraction of sp³-hybridized carbons (Fsp3) is 0.296. The van der Waals surface area contributed by atoms with Crippen molar-refractivity contribution in [3.05, 3.63) is 77.6 Å². The molecule has 2 aromatic heterocycles. The lowest BCUT2D eigenvalue weighted by molar-refractivity contribution is -0.145. The summed E-state index contributed by atoms with van der Waals surface area (Å²) in [6.45, 7) is 2.49. The first-order valence-electron chi connectivity index (χ1n) is 11.5. The monoisotopic (exact) mass is 475 g/mol. The number of pyridine rings is 1. The van der Waals surface area contributed by atoms with Crippen molar-refractivity contribution < 1.29 is 24.2 Å². The Balaban J connectivity index is 1.82. The molecule has 0 saturated carbocycles. The number of hydrogen-bond acceptors (Lipinski definition) is 7. The summed E-state index contributed by atoms with van der Waals surface area (Å²) in [5.74, 6) is -1.06. The number of fused-ring (bicyclic) bond motifs is 3. The van der Waals surface area contributed by atoms with Gasteiger partial charge in [0.1, 0.15) is 11.7 Å². The van der Waals surface area contributed by atoms with Gasteiger partial charge in [0.05, 0.1) is 31.5 Å². The number of nitrogens with one attached hydrogen (secondary N) is 1. The number of aliphatic hydroxyl groups is 1. The highest BCUT2D eigenvalue weighted by molar-refractivity contribution is 6.10. The molecule has 0 spiro atoms. The molecule has 8 heteroatoms. The van der Waals surface area contributed by atoms with Gasteiger partial charge in [0, 0.05) is 35.8 Å². The van der Waals surface area contributed by atoms with E-state index >= 15 is 0 Å². The smallest absolute Gasteiger partial charge is 0.356 e. The Morgan fingerprint density at radius 3 is 2.43 bits per heavy atom. The number of esters is 2. The molecular formula is C27H29N3O5. The van der Waals surface area contributed by atoms with Gasteiger partial charge < -0.3 is 24.5 Å². The van der Waals surface area contributed by atoms with Gasteiger partial charge in [-0.25, -0.2) is 9.78 Å². The number of benzene rings is 2. The Morgan fingerprint density at radius 1 is 1.03 bits per heavy atom. The maximum absolute atomic E-state index is 12.4. The fourth-order valence-corrected chi connectivity index (χ4v) is 4.39. The fourth-order valence-electron chi connectivity index (χ4n) is 4.39. The molecule has 0 bridgehead atoms. The summed E-state index contributed by atoms with van der Waals surface area (Å²) in [5, 5.41) is 15.0. The van der Waals surface area contributed by atoms with Crippen LogP contribution in [0.4, 0.5) is 0 Å². The van der Waals surface area contributed by atoms with E-state index < -0.39 is 24.1 Å². The van der Waals surface area contributed by atoms with Crippen LogP contribution in [0.2, 0.25) is 0 Å². The lowest BCUT2D eigenvalue weighted by atomic mass is 10.1. The van der Waals surface area contributed by atoms with Crippen molar-refractivity contribution >= 4 is 33.7 Å². The number of hydrogen-bond donors (Lipinski definition) is 2. The average Bonchev–Trinajstić information content (AvgIpc) is 3.19. The van der Waals surface area contributed by atoms with Crippen molar-refractivity contribution in [2.45, 2.75) is 32.0 Å². The summed E-state index contributed by atoms with van der Waals surface area (Å²) in [4.78, 5) is 29.1. The van der Waals surface area contributed by atoms with Gasteiger partial charge in [-0.15, -0.1) is 0 Å². The van der Waals surface area contributed by atoms with Crippen molar-refractivity contribution in [3.63, 3.8) is 0 Å². The van der Waals surface area contributed by atoms with E-state index in [-0.39, 0.29) is 5.69 Å². The predicted molar refractivity (Wildman–Crippen MR) is 133 cm³/mol. The third kappa shape index (κ3) is 5.03. The van der Waals surface area contributed by atoms with Crippen LogP contribution < -0.4 is 5.32 Å². The molecule has 4 rings (SSSR count). The third-order valence-electron chi connectivity index (χ3n) is 6.06. The molecule has 4 aromatic rings. The quantitative estimate of drug-likeness (QED) is 0.359. The van der Waals surface area contributed by atoms with Crippen LogP contribution >= 0.6 is 0 Å². The Morgan fingerprint density at radius 2 is 1.74 bits per heavy atom. The molecule has 0 saturated heterocycles. The second-order valence-electron chi connectivity index (χ2n) is 8.38. The Hall–Kier alpha value is -3.75. The van der Waals surface area contributed by atoms with Gasteiger partial charge in [-0.3, -0.25) is 4.79 Å². The maximum Gasteiger partial charge on any atom is 0.356 e. The molecule has 0 aliphatic heterocycles. The summed E-state index contributed by atoms with van der Waals surface area (Å²) in [6, 6.07) is 19.1. The first kappa shape index (κ1) is 24.4. The number of nitrogens with zero attached hydrogens (tertiary/aromatic N) is 2. The number of aromatic nitrogens is 2. The minimum absolute atomic E-state index is 0.220. The lowest BCUT2D eigenvalue weighted by Crippen LogP contribution is -2.46. The third-order valence-corrected chi connectivity index (χ3v) is 6.06. The van der Waals surface area contributed by atoms with E-state index in [1.807, 2.05) is 36.4 Å². The van der Waals surface area contributed by atoms with Crippen LogP contribution in [0.25, 0.3) is 21.8 Å². The molecule has 0 aliphatic rings. The van der Waals surface area contributed by atoms with Gasteiger partial charge in [-0.1, -0.05) is 48.5 Å². The molecule has 0 amide bonds. The van der Waals surface area contributed by atoms with Crippen molar-refractivity contribution in [1.82, 2.24) is 14.9 Å². The Bertz CT molecular complexity index is 1350. The number of carbonyl (C=O) groups excluding carboxylic acids is 2. The molecule has 0 unspecified atom stereocenters. The molecular weight excluding hydrogens is 446 g/mol. The number of methoxy groups -OCH3 is 2. The van der Waals surface area contributed by atoms with Crippen LogP contribution in [-0.4, -0.2) is 59.5 Å². The van der Waals surface area contributed by atoms with E-state index in [0.29, 0.717) is 25.2 Å². The molecule has 2 aromatic carbocycles. The van der Waals surface area contributed by atoms with E-state index in [4.69, 9.17) is 9.47 Å². The first-order chi connectivity index (χ1) is 16.9. The molecule has 0 aliphatic carbocycles. The van der Waals surface area contributed by atoms with E-state index in [1.54, 1.807) is 6.07 Å². The van der Waals surface area contributed by atoms with Crippen molar-refractivity contribution in [2.24, 2.45) is 0 Å². The number of carbonyl (C=O) groups is 2. The summed E-state index contributed by atoms with van der Waals surface area (Å²) in [6.07, 6.45) is -0.520. The Labute approximate surface area is 203 Å². The van der Waals surface area contributed by atoms with Gasteiger partial charge in [0.25, 0.3) is 0 Å². The van der Waals surface area contributed by atoms with Crippen molar-refractivity contribution in [2.75, 3.05) is 20.8 Å². The summed E-state index contributed by atoms with van der Waals surface area (Å²) >= 11 is 0. The zero-order valence-electron chi connectivity index (χ0n) is 20.0. The van der Waals surface area contributed by atoms with Crippen molar-refractivity contribution in [3.8, 4) is 0 Å². The zero-order chi connectivity index (χ0) is 24.9. The molecule has 2 N–H and O–H groups in total. The minimum atomic E-state index is -0.929. The summed E-state index contributed by atoms with van der Waals surface area (Å²) in [7, 11) is 2.62. The molecule has 182 valence electrons. The molecule has 2 heterocycles. The van der Waals surface area contributed by atoms with Gasteiger partial charge in [0.2, 0.25) is 0 Å². The lowest BCUT2D eigenvalue weighted by Gasteiger charge is -2.19. The Kier molecular flexibility index (Phi) is 7.43. The highest BCUT2D eigenvalue weighted by Gasteiger charge is 2.25. The second kappa shape index (κ2) is 10.7. The summed E-state index contributed by atoms with van der Waals surface area (Å²) < 4.78 is 12.0. The summed E-state index contributed by atoms with van der Waals surface area (Å²) in [5.41, 5.74) is 3.99. The molecule has 0 fully saturated rings. The predicted octanol–water partition coefficient (Wildman–Crippen LogP) is 3.08. The molecule has 35 heavy (non-hydrogen) atoms. The van der Waals surface area contributed by atoms with Crippen LogP contribution in [-0.2, 0) is 27.2 Å². The van der Waals surface area contributed by atoms with Crippen LogP contribution in [0.1, 0.15) is 28.7 Å². The minimum Gasteiger partial charge on any atom is -0.468 e. The first-order valence-corrected chi connectivity index (χ1v) is 11.5. The van der Waals surface area contributed by atoms with Crippen LogP contribution in [0.5, 0.6) is 0 Å². The topological polar surface area (TPSA) is 103 Å². The van der Waals surface area contributed by atoms with Gasteiger partial charge in [-0.05, 0) is 24.6 Å². The van der Waals surface area contributed by atoms with Crippen LogP contribution in [0, 0.1) is 0 Å². The van der Waals surface area contributed by atoms with Crippen LogP contribution in [0.15, 0.2) is 60.7 Å². The van der Waals surface area contributed by atoms with Crippen molar-refractivity contribution in [1.29, 1.82) is 0 Å². The number of para-hydroxylation sites is 1. The number of rotatable bonds is 9. The van der Waals surface area contributed by atoms with Crippen LogP contribution in [0.3, 0.4) is 0 Å². The van der Waals surface area contributed by atoms with E-state index in [9.17, 15) is 14.7 Å². The SMILES string of the molecule is COC(=O)c1cc2c3ccccc3n(Cc3ccccc3)c2c(CCN[C@H](C(=O)OC)[C@@H](C)O)n1. The van der Waals surface area contributed by atoms with Gasteiger partial charge >= 0.3 is 11.9 Å². The van der Waals surface area contributed by atoms with Gasteiger partial charge in [0.15, 0.2) is 0 Å². The average molecular weight is 476 g/mol. The molecule has 8 nitrogen and oxygen atoms in total. The maximum atomic E-state index is 12.4. The zero-order valence-corrected chi connectivity index (χ0v) is 20.0. The highest BCUT2D eigenvalue weighted by Crippen LogP contribution is 2.32. The van der Waals surface area contributed by atoms with E-state index in [0.717, 1.165) is 27.4 Å². The largest absolute Gasteiger partial charge is 0.468 e. The molecule has 2 atom stereocenters. The number of ether oxygens (including phenoxy) is 2.